The molecular weight excluding hydrogens is 346 g/mol. The Morgan fingerprint density at radius 2 is 1.96 bits per heavy atom. The van der Waals surface area contributed by atoms with E-state index in [1.54, 1.807) is 23.0 Å². The second-order valence-corrected chi connectivity index (χ2v) is 5.98. The van der Waals surface area contributed by atoms with Crippen molar-refractivity contribution in [3.63, 3.8) is 0 Å². The van der Waals surface area contributed by atoms with E-state index in [0.29, 0.717) is 5.69 Å². The fourth-order valence-electron chi connectivity index (χ4n) is 2.74. The van der Waals surface area contributed by atoms with Crippen LogP contribution >= 0.6 is 0 Å². The van der Waals surface area contributed by atoms with E-state index in [2.05, 4.69) is 15.7 Å². The second-order valence-electron chi connectivity index (χ2n) is 5.98. The number of carbonyl (C=O) groups is 1. The Labute approximate surface area is 156 Å². The number of anilines is 1. The standard InChI is InChI=1S/C19H19N5O3/c1-13(14-4-7-16(8-5-14)23-11-3-10-21-23)22-17-9-6-15(19(25)20-2)12-18(17)24(26)27/h3-13,22H,1-2H3,(H,20,25). The summed E-state index contributed by atoms with van der Waals surface area (Å²) in [5, 5.41) is 21.2. The summed E-state index contributed by atoms with van der Waals surface area (Å²) in [5.41, 5.74) is 2.35. The van der Waals surface area contributed by atoms with Crippen molar-refractivity contribution in [2.24, 2.45) is 0 Å². The molecule has 2 N–H and O–H groups in total. The normalized spacial score (nSPS) is 11.6. The quantitative estimate of drug-likeness (QED) is 0.515. The van der Waals surface area contributed by atoms with Crippen LogP contribution in [-0.2, 0) is 0 Å². The molecule has 0 saturated carbocycles. The van der Waals surface area contributed by atoms with Crippen LogP contribution in [0.25, 0.3) is 5.69 Å². The SMILES string of the molecule is CNC(=O)c1ccc(NC(C)c2ccc(-n3cccn3)cc2)c([N+](=O)[O-])c1. The summed E-state index contributed by atoms with van der Waals surface area (Å²) in [6, 6.07) is 13.8. The number of nitro groups is 1. The zero-order valence-corrected chi connectivity index (χ0v) is 14.9. The van der Waals surface area contributed by atoms with Gasteiger partial charge in [-0.2, -0.15) is 5.10 Å². The van der Waals surface area contributed by atoms with Gasteiger partial charge in [-0.25, -0.2) is 4.68 Å². The minimum absolute atomic E-state index is 0.142. The van der Waals surface area contributed by atoms with Gasteiger partial charge in [0, 0.05) is 37.1 Å². The third-order valence-corrected chi connectivity index (χ3v) is 4.22. The van der Waals surface area contributed by atoms with Gasteiger partial charge in [0.15, 0.2) is 0 Å². The maximum Gasteiger partial charge on any atom is 0.293 e. The van der Waals surface area contributed by atoms with Gasteiger partial charge in [-0.05, 0) is 42.8 Å². The van der Waals surface area contributed by atoms with E-state index in [0.717, 1.165) is 11.3 Å². The van der Waals surface area contributed by atoms with Gasteiger partial charge < -0.3 is 10.6 Å². The van der Waals surface area contributed by atoms with Crippen LogP contribution in [0.3, 0.4) is 0 Å². The zero-order valence-electron chi connectivity index (χ0n) is 14.9. The van der Waals surface area contributed by atoms with Gasteiger partial charge in [-0.3, -0.25) is 14.9 Å². The van der Waals surface area contributed by atoms with Gasteiger partial charge in [0.25, 0.3) is 11.6 Å². The number of amides is 1. The van der Waals surface area contributed by atoms with Crippen molar-refractivity contribution in [1.82, 2.24) is 15.1 Å². The van der Waals surface area contributed by atoms with Crippen molar-refractivity contribution < 1.29 is 9.72 Å². The largest absolute Gasteiger partial charge is 0.373 e. The lowest BCUT2D eigenvalue weighted by Gasteiger charge is -2.16. The third kappa shape index (κ3) is 3.95. The number of carbonyl (C=O) groups excluding carboxylic acids is 1. The highest BCUT2D eigenvalue weighted by Gasteiger charge is 2.19. The van der Waals surface area contributed by atoms with E-state index in [1.807, 2.05) is 43.5 Å². The predicted octanol–water partition coefficient (Wildman–Crippen LogP) is 3.31. The Morgan fingerprint density at radius 3 is 2.56 bits per heavy atom. The van der Waals surface area contributed by atoms with Crippen LogP contribution in [0.2, 0.25) is 0 Å². The molecule has 0 spiro atoms. The molecule has 1 aromatic heterocycles. The molecule has 1 atom stereocenters. The highest BCUT2D eigenvalue weighted by Crippen LogP contribution is 2.29. The highest BCUT2D eigenvalue weighted by molar-refractivity contribution is 5.95. The Morgan fingerprint density at radius 1 is 1.22 bits per heavy atom. The molecule has 8 heteroatoms. The summed E-state index contributed by atoms with van der Waals surface area (Å²) in [7, 11) is 1.48. The van der Waals surface area contributed by atoms with Gasteiger partial charge in [-0.15, -0.1) is 0 Å². The molecular formula is C19H19N5O3. The Balaban J connectivity index is 1.81. The van der Waals surface area contributed by atoms with E-state index in [1.165, 1.54) is 13.1 Å². The van der Waals surface area contributed by atoms with Crippen LogP contribution in [0.4, 0.5) is 11.4 Å². The van der Waals surface area contributed by atoms with Crippen LogP contribution in [0, 0.1) is 10.1 Å². The zero-order chi connectivity index (χ0) is 19.4. The molecule has 1 unspecified atom stereocenters. The van der Waals surface area contributed by atoms with Crippen molar-refractivity contribution in [2.45, 2.75) is 13.0 Å². The number of nitrogens with zero attached hydrogens (tertiary/aromatic N) is 3. The number of rotatable bonds is 6. The van der Waals surface area contributed by atoms with Crippen molar-refractivity contribution in [2.75, 3.05) is 12.4 Å². The fraction of sp³-hybridized carbons (Fsp3) is 0.158. The van der Waals surface area contributed by atoms with Crippen LogP contribution in [-0.4, -0.2) is 27.7 Å². The van der Waals surface area contributed by atoms with Gasteiger partial charge in [0.05, 0.1) is 10.6 Å². The molecule has 0 aliphatic rings. The van der Waals surface area contributed by atoms with E-state index >= 15 is 0 Å². The second kappa shape index (κ2) is 7.69. The molecule has 0 aliphatic carbocycles. The molecule has 1 amide bonds. The summed E-state index contributed by atoms with van der Waals surface area (Å²) in [6.07, 6.45) is 3.56. The number of hydrogen-bond acceptors (Lipinski definition) is 5. The molecule has 0 saturated heterocycles. The Hall–Kier alpha value is -3.68. The van der Waals surface area contributed by atoms with E-state index in [9.17, 15) is 14.9 Å². The smallest absolute Gasteiger partial charge is 0.293 e. The topological polar surface area (TPSA) is 102 Å². The summed E-state index contributed by atoms with van der Waals surface area (Å²) < 4.78 is 1.75. The van der Waals surface area contributed by atoms with Gasteiger partial charge in [0.2, 0.25) is 0 Å². The van der Waals surface area contributed by atoms with Crippen molar-refractivity contribution in [3.8, 4) is 5.69 Å². The number of hydrogen-bond donors (Lipinski definition) is 2. The third-order valence-electron chi connectivity index (χ3n) is 4.22. The summed E-state index contributed by atoms with van der Waals surface area (Å²) >= 11 is 0. The number of nitro benzene ring substituents is 1. The van der Waals surface area contributed by atoms with Gasteiger partial charge in [-0.1, -0.05) is 12.1 Å². The van der Waals surface area contributed by atoms with Gasteiger partial charge in [0.1, 0.15) is 5.69 Å². The summed E-state index contributed by atoms with van der Waals surface area (Å²) in [5.74, 6) is -0.369. The molecule has 8 nitrogen and oxygen atoms in total. The van der Waals surface area contributed by atoms with E-state index < -0.39 is 4.92 Å². The maximum absolute atomic E-state index is 11.7. The number of aromatic nitrogens is 2. The molecule has 138 valence electrons. The average Bonchev–Trinajstić information content (AvgIpc) is 3.22. The lowest BCUT2D eigenvalue weighted by molar-refractivity contribution is -0.384. The van der Waals surface area contributed by atoms with Crippen LogP contribution in [0.1, 0.15) is 28.9 Å². The van der Waals surface area contributed by atoms with Crippen molar-refractivity contribution >= 4 is 17.3 Å². The number of benzene rings is 2. The Kier molecular flexibility index (Phi) is 5.16. The van der Waals surface area contributed by atoms with E-state index in [-0.39, 0.29) is 23.2 Å². The van der Waals surface area contributed by atoms with Crippen molar-refractivity contribution in [3.05, 3.63) is 82.2 Å². The van der Waals surface area contributed by atoms with E-state index in [4.69, 9.17) is 0 Å². The molecule has 3 rings (SSSR count). The lowest BCUT2D eigenvalue weighted by atomic mass is 10.1. The minimum Gasteiger partial charge on any atom is -0.373 e. The fourth-order valence-corrected chi connectivity index (χ4v) is 2.74. The molecule has 0 bridgehead atoms. The molecule has 2 aromatic carbocycles. The Bertz CT molecular complexity index is 952. The predicted molar refractivity (Wildman–Crippen MR) is 102 cm³/mol. The maximum atomic E-state index is 11.7. The molecule has 0 fully saturated rings. The van der Waals surface area contributed by atoms with Crippen molar-refractivity contribution in [1.29, 1.82) is 0 Å². The first-order valence-electron chi connectivity index (χ1n) is 8.36. The lowest BCUT2D eigenvalue weighted by Crippen LogP contribution is -2.18. The first kappa shape index (κ1) is 18.1. The number of nitrogens with one attached hydrogen (secondary N) is 2. The van der Waals surface area contributed by atoms with Crippen LogP contribution < -0.4 is 10.6 Å². The van der Waals surface area contributed by atoms with Crippen LogP contribution in [0.15, 0.2) is 60.9 Å². The molecule has 0 radical (unpaired) electrons. The summed E-state index contributed by atoms with van der Waals surface area (Å²) in [4.78, 5) is 22.6. The monoisotopic (exact) mass is 365 g/mol. The minimum atomic E-state index is -0.498. The molecule has 3 aromatic rings. The molecule has 27 heavy (non-hydrogen) atoms. The molecule has 0 aliphatic heterocycles. The van der Waals surface area contributed by atoms with Crippen LogP contribution in [0.5, 0.6) is 0 Å². The first-order chi connectivity index (χ1) is 13.0. The highest BCUT2D eigenvalue weighted by atomic mass is 16.6. The average molecular weight is 365 g/mol. The van der Waals surface area contributed by atoms with Gasteiger partial charge >= 0.3 is 0 Å². The molecule has 1 heterocycles. The summed E-state index contributed by atoms with van der Waals surface area (Å²) in [6.45, 7) is 1.92. The first-order valence-corrected chi connectivity index (χ1v) is 8.36.